The number of halogens is 2. The van der Waals surface area contributed by atoms with Gasteiger partial charge in [0.2, 0.25) is 0 Å². The molecule has 0 aliphatic carbocycles. The topological polar surface area (TPSA) is 28.2 Å². The lowest BCUT2D eigenvalue weighted by Crippen LogP contribution is -2.19. The van der Waals surface area contributed by atoms with Crippen molar-refractivity contribution in [1.82, 2.24) is 10.3 Å². The van der Waals surface area contributed by atoms with E-state index in [0.717, 1.165) is 12.1 Å². The zero-order valence-electron chi connectivity index (χ0n) is 12.2. The first-order chi connectivity index (χ1) is 10.2. The Morgan fingerprint density at radius 3 is 2.71 bits per heavy atom. The van der Waals surface area contributed by atoms with Crippen LogP contribution in [0.3, 0.4) is 0 Å². The van der Waals surface area contributed by atoms with Crippen molar-refractivity contribution in [2.75, 3.05) is 18.0 Å². The number of nitrogens with one attached hydrogen (secondary N) is 1. The van der Waals surface area contributed by atoms with Crippen LogP contribution in [0.1, 0.15) is 19.4 Å². The molecule has 0 spiro atoms. The van der Waals surface area contributed by atoms with E-state index in [1.165, 1.54) is 6.07 Å². The average molecular weight is 308 g/mol. The molecular weight excluding hydrogens is 289 g/mol. The predicted octanol–water partition coefficient (Wildman–Crippen LogP) is 4.14. The van der Waals surface area contributed by atoms with Crippen LogP contribution < -0.4 is 10.2 Å². The van der Waals surface area contributed by atoms with Crippen molar-refractivity contribution in [3.8, 4) is 0 Å². The van der Waals surface area contributed by atoms with Crippen LogP contribution in [0.15, 0.2) is 36.5 Å². The van der Waals surface area contributed by atoms with Gasteiger partial charge in [0.05, 0.1) is 10.7 Å². The minimum atomic E-state index is -0.260. The molecule has 0 unspecified atom stereocenters. The van der Waals surface area contributed by atoms with E-state index in [9.17, 15) is 4.39 Å². The van der Waals surface area contributed by atoms with Gasteiger partial charge in [-0.1, -0.05) is 30.7 Å². The highest BCUT2D eigenvalue weighted by Crippen LogP contribution is 2.28. The molecule has 0 aliphatic rings. The van der Waals surface area contributed by atoms with Gasteiger partial charge in [-0.05, 0) is 37.2 Å². The minimum absolute atomic E-state index is 0.260. The number of benzene rings is 1. The summed E-state index contributed by atoms with van der Waals surface area (Å²) in [5.74, 6) is 0.434. The second kappa shape index (κ2) is 7.38. The lowest BCUT2D eigenvalue weighted by molar-refractivity contribution is 0.625. The first-order valence-corrected chi connectivity index (χ1v) is 7.42. The number of aromatic nitrogens is 1. The molecule has 3 nitrogen and oxygen atoms in total. The van der Waals surface area contributed by atoms with Crippen LogP contribution in [-0.4, -0.2) is 18.1 Å². The van der Waals surface area contributed by atoms with Gasteiger partial charge in [-0.3, -0.25) is 0 Å². The molecule has 112 valence electrons. The second-order valence-electron chi connectivity index (χ2n) is 4.61. The highest BCUT2D eigenvalue weighted by Gasteiger charge is 2.14. The van der Waals surface area contributed by atoms with E-state index in [2.05, 4.69) is 10.3 Å². The predicted molar refractivity (Wildman–Crippen MR) is 85.7 cm³/mol. The Kier molecular flexibility index (Phi) is 5.53. The Balaban J connectivity index is 2.36. The third-order valence-electron chi connectivity index (χ3n) is 3.22. The standard InChI is InChI=1S/C16H19ClFN3/c1-3-19-10-12-9-16(20-11-13(12)17)21(4-2)15-8-6-5-7-14(15)18/h5-9,11,19H,3-4,10H2,1-2H3. The first kappa shape index (κ1) is 15.7. The van der Waals surface area contributed by atoms with Crippen LogP contribution in [0.2, 0.25) is 5.02 Å². The Bertz CT molecular complexity index is 604. The van der Waals surface area contributed by atoms with Gasteiger partial charge >= 0.3 is 0 Å². The molecule has 0 aliphatic heterocycles. The molecule has 0 atom stereocenters. The molecule has 1 aromatic heterocycles. The van der Waals surface area contributed by atoms with E-state index in [-0.39, 0.29) is 5.82 Å². The van der Waals surface area contributed by atoms with Crippen molar-refractivity contribution in [2.45, 2.75) is 20.4 Å². The fourth-order valence-corrected chi connectivity index (χ4v) is 2.31. The van der Waals surface area contributed by atoms with E-state index in [4.69, 9.17) is 11.6 Å². The van der Waals surface area contributed by atoms with Crippen LogP contribution in [0, 0.1) is 5.82 Å². The maximum atomic E-state index is 14.0. The van der Waals surface area contributed by atoms with Gasteiger partial charge < -0.3 is 10.2 Å². The van der Waals surface area contributed by atoms with Gasteiger partial charge in [-0.25, -0.2) is 9.37 Å². The quantitative estimate of drug-likeness (QED) is 0.869. The molecule has 0 saturated carbocycles. The van der Waals surface area contributed by atoms with Gasteiger partial charge in [0.15, 0.2) is 0 Å². The lowest BCUT2D eigenvalue weighted by Gasteiger charge is -2.23. The Labute approximate surface area is 129 Å². The van der Waals surface area contributed by atoms with Crippen LogP contribution >= 0.6 is 11.6 Å². The molecular formula is C16H19ClFN3. The Morgan fingerprint density at radius 1 is 1.29 bits per heavy atom. The van der Waals surface area contributed by atoms with E-state index in [1.54, 1.807) is 18.3 Å². The van der Waals surface area contributed by atoms with Crippen LogP contribution in [0.4, 0.5) is 15.9 Å². The molecule has 21 heavy (non-hydrogen) atoms. The van der Waals surface area contributed by atoms with E-state index in [1.807, 2.05) is 30.9 Å². The van der Waals surface area contributed by atoms with Crippen molar-refractivity contribution in [3.05, 3.63) is 52.9 Å². The molecule has 5 heteroatoms. The summed E-state index contributed by atoms with van der Waals surface area (Å²) in [6, 6.07) is 8.60. The zero-order chi connectivity index (χ0) is 15.2. The number of hydrogen-bond acceptors (Lipinski definition) is 3. The number of para-hydroxylation sites is 1. The summed E-state index contributed by atoms with van der Waals surface area (Å²) in [7, 11) is 0. The number of rotatable bonds is 6. The van der Waals surface area contributed by atoms with Crippen LogP contribution in [0.25, 0.3) is 0 Å². The van der Waals surface area contributed by atoms with Gasteiger partial charge in [0.1, 0.15) is 11.6 Å². The molecule has 2 rings (SSSR count). The third-order valence-corrected chi connectivity index (χ3v) is 3.56. The van der Waals surface area contributed by atoms with Crippen molar-refractivity contribution >= 4 is 23.1 Å². The van der Waals surface area contributed by atoms with Gasteiger partial charge in [0, 0.05) is 19.3 Å². The summed E-state index contributed by atoms with van der Waals surface area (Å²) in [4.78, 5) is 6.17. The van der Waals surface area contributed by atoms with Crippen molar-refractivity contribution < 1.29 is 4.39 Å². The van der Waals surface area contributed by atoms with Crippen molar-refractivity contribution in [3.63, 3.8) is 0 Å². The lowest BCUT2D eigenvalue weighted by atomic mass is 10.2. The molecule has 0 bridgehead atoms. The highest BCUT2D eigenvalue weighted by molar-refractivity contribution is 6.31. The van der Waals surface area contributed by atoms with E-state index >= 15 is 0 Å². The second-order valence-corrected chi connectivity index (χ2v) is 5.02. The highest BCUT2D eigenvalue weighted by atomic mass is 35.5. The maximum absolute atomic E-state index is 14.0. The van der Waals surface area contributed by atoms with Crippen LogP contribution in [0.5, 0.6) is 0 Å². The molecule has 1 aromatic carbocycles. The number of pyridine rings is 1. The van der Waals surface area contributed by atoms with Crippen LogP contribution in [-0.2, 0) is 6.54 Å². The van der Waals surface area contributed by atoms with Gasteiger partial charge in [-0.2, -0.15) is 0 Å². The van der Waals surface area contributed by atoms with Crippen molar-refractivity contribution in [1.29, 1.82) is 0 Å². The average Bonchev–Trinajstić information content (AvgIpc) is 2.50. The number of nitrogens with zero attached hydrogens (tertiary/aromatic N) is 2. The molecule has 0 radical (unpaired) electrons. The largest absolute Gasteiger partial charge is 0.324 e. The minimum Gasteiger partial charge on any atom is -0.324 e. The molecule has 0 saturated heterocycles. The summed E-state index contributed by atoms with van der Waals surface area (Å²) >= 11 is 6.16. The summed E-state index contributed by atoms with van der Waals surface area (Å²) in [6.45, 7) is 6.15. The molecule has 2 aromatic rings. The third kappa shape index (κ3) is 3.71. The smallest absolute Gasteiger partial charge is 0.146 e. The number of anilines is 2. The number of hydrogen-bond donors (Lipinski definition) is 1. The maximum Gasteiger partial charge on any atom is 0.146 e. The Hall–Kier alpha value is -1.65. The van der Waals surface area contributed by atoms with E-state index < -0.39 is 0 Å². The van der Waals surface area contributed by atoms with Gasteiger partial charge in [0.25, 0.3) is 0 Å². The van der Waals surface area contributed by atoms with E-state index in [0.29, 0.717) is 29.6 Å². The summed E-state index contributed by atoms with van der Waals surface area (Å²) in [5.41, 5.74) is 1.47. The monoisotopic (exact) mass is 307 g/mol. The molecule has 0 amide bonds. The fraction of sp³-hybridized carbons (Fsp3) is 0.312. The zero-order valence-corrected chi connectivity index (χ0v) is 13.0. The SMILES string of the molecule is CCNCc1cc(N(CC)c2ccccc2F)ncc1Cl. The normalized spacial score (nSPS) is 10.7. The summed E-state index contributed by atoms with van der Waals surface area (Å²) < 4.78 is 14.0. The Morgan fingerprint density at radius 2 is 2.05 bits per heavy atom. The molecule has 0 fully saturated rings. The molecule has 1 N–H and O–H groups in total. The summed E-state index contributed by atoms with van der Waals surface area (Å²) in [6.07, 6.45) is 1.62. The van der Waals surface area contributed by atoms with Crippen molar-refractivity contribution in [2.24, 2.45) is 0 Å². The molecule has 1 heterocycles. The fourth-order valence-electron chi connectivity index (χ4n) is 2.14. The summed E-state index contributed by atoms with van der Waals surface area (Å²) in [5, 5.41) is 3.85. The van der Waals surface area contributed by atoms with Gasteiger partial charge in [-0.15, -0.1) is 0 Å². The first-order valence-electron chi connectivity index (χ1n) is 7.04.